The van der Waals surface area contributed by atoms with Gasteiger partial charge in [-0.3, -0.25) is 19.7 Å². The SMILES string of the molecule is C=CCCC(=O)Nc1cc([N+](=O)[O-])ccc1C(=O)NC(CC=C)C(=O)O. The maximum atomic E-state index is 12.4. The zero-order chi connectivity index (χ0) is 19.7. The molecule has 9 heteroatoms. The zero-order valence-corrected chi connectivity index (χ0v) is 13.9. The van der Waals surface area contributed by atoms with Crippen molar-refractivity contribution in [3.8, 4) is 0 Å². The first-order valence-electron chi connectivity index (χ1n) is 7.63. The van der Waals surface area contributed by atoms with Crippen molar-refractivity contribution in [1.29, 1.82) is 0 Å². The summed E-state index contributed by atoms with van der Waals surface area (Å²) in [5, 5.41) is 24.8. The smallest absolute Gasteiger partial charge is 0.326 e. The molecule has 0 bridgehead atoms. The monoisotopic (exact) mass is 361 g/mol. The fourth-order valence-electron chi connectivity index (χ4n) is 2.02. The predicted octanol–water partition coefficient (Wildman–Crippen LogP) is 2.26. The molecule has 1 atom stereocenters. The number of amides is 2. The Labute approximate surface area is 149 Å². The number of non-ortho nitro benzene ring substituents is 1. The van der Waals surface area contributed by atoms with Crippen LogP contribution in [0, 0.1) is 10.1 Å². The lowest BCUT2D eigenvalue weighted by Gasteiger charge is -2.15. The second kappa shape index (κ2) is 9.72. The minimum atomic E-state index is -1.25. The number of nitrogens with zero attached hydrogens (tertiary/aromatic N) is 1. The molecule has 1 aromatic rings. The van der Waals surface area contributed by atoms with Crippen molar-refractivity contribution in [3.05, 3.63) is 59.2 Å². The van der Waals surface area contributed by atoms with E-state index in [1.165, 1.54) is 12.2 Å². The highest BCUT2D eigenvalue weighted by atomic mass is 16.6. The molecular weight excluding hydrogens is 342 g/mol. The number of allylic oxidation sites excluding steroid dienone is 1. The number of anilines is 1. The van der Waals surface area contributed by atoms with Crippen molar-refractivity contribution in [3.63, 3.8) is 0 Å². The summed E-state index contributed by atoms with van der Waals surface area (Å²) in [5.41, 5.74) is -0.479. The van der Waals surface area contributed by atoms with Gasteiger partial charge in [0.05, 0.1) is 16.2 Å². The molecule has 0 aliphatic carbocycles. The molecule has 1 aromatic carbocycles. The number of carbonyl (C=O) groups is 3. The van der Waals surface area contributed by atoms with Gasteiger partial charge in [-0.25, -0.2) is 4.79 Å². The van der Waals surface area contributed by atoms with Gasteiger partial charge in [0.1, 0.15) is 6.04 Å². The fraction of sp³-hybridized carbons (Fsp3) is 0.235. The molecule has 0 heterocycles. The molecule has 0 aromatic heterocycles. The van der Waals surface area contributed by atoms with Crippen LogP contribution in [0.25, 0.3) is 0 Å². The number of rotatable bonds is 10. The maximum absolute atomic E-state index is 12.4. The van der Waals surface area contributed by atoms with E-state index in [2.05, 4.69) is 23.8 Å². The Kier molecular flexibility index (Phi) is 7.68. The lowest BCUT2D eigenvalue weighted by molar-refractivity contribution is -0.384. The highest BCUT2D eigenvalue weighted by Gasteiger charge is 2.23. The van der Waals surface area contributed by atoms with Gasteiger partial charge in [0.15, 0.2) is 0 Å². The molecule has 0 aliphatic rings. The zero-order valence-electron chi connectivity index (χ0n) is 13.9. The number of nitrogens with one attached hydrogen (secondary N) is 2. The van der Waals surface area contributed by atoms with E-state index in [1.54, 1.807) is 0 Å². The van der Waals surface area contributed by atoms with Crippen molar-refractivity contribution >= 4 is 29.2 Å². The van der Waals surface area contributed by atoms with Gasteiger partial charge in [-0.15, -0.1) is 13.2 Å². The van der Waals surface area contributed by atoms with E-state index >= 15 is 0 Å². The summed E-state index contributed by atoms with van der Waals surface area (Å²) in [7, 11) is 0. The van der Waals surface area contributed by atoms with Crippen LogP contribution in [0.3, 0.4) is 0 Å². The molecular formula is C17H19N3O6. The van der Waals surface area contributed by atoms with E-state index in [-0.39, 0.29) is 29.8 Å². The molecule has 0 spiro atoms. The quantitative estimate of drug-likeness (QED) is 0.332. The van der Waals surface area contributed by atoms with Crippen molar-refractivity contribution in [2.75, 3.05) is 5.32 Å². The number of carboxylic acids is 1. The molecule has 1 rings (SSSR count). The molecule has 1 unspecified atom stereocenters. The van der Waals surface area contributed by atoms with E-state index in [4.69, 9.17) is 5.11 Å². The van der Waals surface area contributed by atoms with Gasteiger partial charge >= 0.3 is 5.97 Å². The fourth-order valence-corrected chi connectivity index (χ4v) is 2.02. The number of nitro benzene ring substituents is 1. The summed E-state index contributed by atoms with van der Waals surface area (Å²) in [4.78, 5) is 45.7. The van der Waals surface area contributed by atoms with Gasteiger partial charge in [0.25, 0.3) is 11.6 Å². The molecule has 0 saturated heterocycles. The molecule has 0 radical (unpaired) electrons. The van der Waals surface area contributed by atoms with Gasteiger partial charge in [0.2, 0.25) is 5.91 Å². The standard InChI is InChI=1S/C17H19N3O6/c1-3-5-7-15(21)18-14-10-11(20(25)26)8-9-12(14)16(22)19-13(6-4-2)17(23)24/h3-4,8-10,13H,1-2,5-7H2,(H,18,21)(H,19,22)(H,23,24). The van der Waals surface area contributed by atoms with Crippen LogP contribution in [-0.2, 0) is 9.59 Å². The van der Waals surface area contributed by atoms with Crippen molar-refractivity contribution in [1.82, 2.24) is 5.32 Å². The summed E-state index contributed by atoms with van der Waals surface area (Å²) in [5.74, 6) is -2.50. The Balaban J connectivity index is 3.14. The first kappa shape index (κ1) is 20.6. The summed E-state index contributed by atoms with van der Waals surface area (Å²) in [6, 6.07) is 2.09. The normalized spacial score (nSPS) is 11.1. The van der Waals surface area contributed by atoms with Crippen LogP contribution in [0.2, 0.25) is 0 Å². The van der Waals surface area contributed by atoms with Gasteiger partial charge in [-0.05, 0) is 18.9 Å². The van der Waals surface area contributed by atoms with Crippen molar-refractivity contribution in [2.24, 2.45) is 0 Å². The molecule has 0 aliphatic heterocycles. The second-order valence-corrected chi connectivity index (χ2v) is 5.25. The number of benzene rings is 1. The number of hydrogen-bond acceptors (Lipinski definition) is 5. The predicted molar refractivity (Wildman–Crippen MR) is 94.9 cm³/mol. The van der Waals surface area contributed by atoms with Gasteiger partial charge in [-0.1, -0.05) is 12.2 Å². The summed E-state index contributed by atoms with van der Waals surface area (Å²) in [6.45, 7) is 6.92. The van der Waals surface area contributed by atoms with Gasteiger partial charge in [0, 0.05) is 18.6 Å². The summed E-state index contributed by atoms with van der Waals surface area (Å²) < 4.78 is 0. The minimum absolute atomic E-state index is 0.00488. The van der Waals surface area contributed by atoms with Crippen LogP contribution in [0.1, 0.15) is 29.6 Å². The third-order valence-corrected chi connectivity index (χ3v) is 3.31. The van der Waals surface area contributed by atoms with E-state index in [9.17, 15) is 24.5 Å². The third-order valence-electron chi connectivity index (χ3n) is 3.31. The van der Waals surface area contributed by atoms with E-state index in [0.717, 1.165) is 18.2 Å². The van der Waals surface area contributed by atoms with Crippen LogP contribution >= 0.6 is 0 Å². The van der Waals surface area contributed by atoms with E-state index in [0.29, 0.717) is 6.42 Å². The lowest BCUT2D eigenvalue weighted by atomic mass is 10.1. The van der Waals surface area contributed by atoms with Crippen LogP contribution in [0.15, 0.2) is 43.5 Å². The summed E-state index contributed by atoms with van der Waals surface area (Å²) >= 11 is 0. The number of aliphatic carboxylic acids is 1. The maximum Gasteiger partial charge on any atom is 0.326 e. The number of carboxylic acid groups (broad SMARTS) is 1. The molecule has 0 fully saturated rings. The largest absolute Gasteiger partial charge is 0.480 e. The van der Waals surface area contributed by atoms with Crippen LogP contribution in [-0.4, -0.2) is 33.9 Å². The Bertz CT molecular complexity index is 744. The number of nitro groups is 1. The number of hydrogen-bond donors (Lipinski definition) is 3. The Morgan fingerprint density at radius 2 is 1.96 bits per heavy atom. The lowest BCUT2D eigenvalue weighted by Crippen LogP contribution is -2.40. The molecule has 0 saturated carbocycles. The minimum Gasteiger partial charge on any atom is -0.480 e. The van der Waals surface area contributed by atoms with Crippen molar-refractivity contribution in [2.45, 2.75) is 25.3 Å². The highest BCUT2D eigenvalue weighted by Crippen LogP contribution is 2.23. The van der Waals surface area contributed by atoms with Gasteiger partial charge < -0.3 is 15.7 Å². The first-order chi connectivity index (χ1) is 12.3. The van der Waals surface area contributed by atoms with Crippen molar-refractivity contribution < 1.29 is 24.4 Å². The molecule has 26 heavy (non-hydrogen) atoms. The number of carbonyl (C=O) groups excluding carboxylic acids is 2. The van der Waals surface area contributed by atoms with Crippen LogP contribution in [0.4, 0.5) is 11.4 Å². The van der Waals surface area contributed by atoms with Crippen LogP contribution in [0.5, 0.6) is 0 Å². The molecule has 9 nitrogen and oxygen atoms in total. The van der Waals surface area contributed by atoms with Gasteiger partial charge in [-0.2, -0.15) is 0 Å². The Hall–Kier alpha value is -3.49. The third kappa shape index (κ3) is 5.86. The molecule has 2 amide bonds. The van der Waals surface area contributed by atoms with E-state index < -0.39 is 28.7 Å². The summed E-state index contributed by atoms with van der Waals surface area (Å²) in [6.07, 6.45) is 3.35. The Morgan fingerprint density at radius 1 is 1.27 bits per heavy atom. The topological polar surface area (TPSA) is 139 Å². The molecule has 3 N–H and O–H groups in total. The second-order valence-electron chi connectivity index (χ2n) is 5.25. The first-order valence-corrected chi connectivity index (χ1v) is 7.63. The van der Waals surface area contributed by atoms with Crippen LogP contribution < -0.4 is 10.6 Å². The highest BCUT2D eigenvalue weighted by molar-refractivity contribution is 6.05. The average molecular weight is 361 g/mol. The van der Waals surface area contributed by atoms with E-state index in [1.807, 2.05) is 0 Å². The Morgan fingerprint density at radius 3 is 2.50 bits per heavy atom. The molecule has 138 valence electrons. The average Bonchev–Trinajstić information content (AvgIpc) is 2.59.